The summed E-state index contributed by atoms with van der Waals surface area (Å²) in [5.41, 5.74) is 6.14. The van der Waals surface area contributed by atoms with Crippen molar-refractivity contribution >= 4 is 45.7 Å². The molecule has 32 heavy (non-hydrogen) atoms. The third-order valence-corrected chi connectivity index (χ3v) is 8.33. The van der Waals surface area contributed by atoms with E-state index in [1.807, 2.05) is 6.20 Å². The van der Waals surface area contributed by atoms with E-state index in [0.717, 1.165) is 54.3 Å². The Morgan fingerprint density at radius 2 is 2.06 bits per heavy atom. The Labute approximate surface area is 193 Å². The minimum absolute atomic E-state index is 0.0443. The molecule has 3 N–H and O–H groups in total. The number of aromatic amines is 2. The minimum atomic E-state index is -0.0822. The topological polar surface area (TPSA) is 86.5 Å². The van der Waals surface area contributed by atoms with Gasteiger partial charge >= 0.3 is 0 Å². The summed E-state index contributed by atoms with van der Waals surface area (Å²) in [4.78, 5) is 22.5. The molecule has 0 spiro atoms. The van der Waals surface area contributed by atoms with Crippen molar-refractivity contribution in [2.45, 2.75) is 48.9 Å². The van der Waals surface area contributed by atoms with Crippen LogP contribution in [0, 0.1) is 12.3 Å². The molecule has 6 nitrogen and oxygen atoms in total. The Bertz CT molecular complexity index is 1410. The van der Waals surface area contributed by atoms with Gasteiger partial charge in [-0.3, -0.25) is 9.89 Å². The number of carbonyl (C=O) groups is 1. The molecule has 162 valence electrons. The molecule has 1 atom stereocenters. The van der Waals surface area contributed by atoms with Crippen molar-refractivity contribution in [3.8, 4) is 0 Å². The van der Waals surface area contributed by atoms with Crippen molar-refractivity contribution in [2.24, 2.45) is 5.41 Å². The summed E-state index contributed by atoms with van der Waals surface area (Å²) in [7, 11) is 0. The van der Waals surface area contributed by atoms with Gasteiger partial charge in [-0.25, -0.2) is 4.98 Å². The molecule has 2 aliphatic rings. The molecule has 0 fully saturated rings. The molecule has 0 bridgehead atoms. The fourth-order valence-electron chi connectivity index (χ4n) is 4.78. The van der Waals surface area contributed by atoms with Crippen molar-refractivity contribution in [3.05, 3.63) is 63.8 Å². The molecule has 0 radical (unpaired) electrons. The SMILES string of the molecule is Cc1ccc2[nH]c(Sc3ccc(C4C5=C(CC(C)(C)CC5=O)Nc5n[nH]cc54)s3)nc2c1. The van der Waals surface area contributed by atoms with Crippen molar-refractivity contribution in [1.82, 2.24) is 20.2 Å². The van der Waals surface area contributed by atoms with Crippen molar-refractivity contribution in [2.75, 3.05) is 5.32 Å². The van der Waals surface area contributed by atoms with Crippen LogP contribution in [0.4, 0.5) is 5.82 Å². The maximum Gasteiger partial charge on any atom is 0.172 e. The summed E-state index contributed by atoms with van der Waals surface area (Å²) in [6.07, 6.45) is 3.34. The third-order valence-electron chi connectivity index (χ3n) is 6.16. The number of nitrogens with one attached hydrogen (secondary N) is 3. The quantitative estimate of drug-likeness (QED) is 0.348. The van der Waals surface area contributed by atoms with Crippen LogP contribution in [0.3, 0.4) is 0 Å². The number of aryl methyl sites for hydroxylation is 1. The number of rotatable bonds is 3. The number of anilines is 1. The number of aromatic nitrogens is 4. The highest BCUT2D eigenvalue weighted by Crippen LogP contribution is 2.50. The monoisotopic (exact) mass is 461 g/mol. The standard InChI is InChI=1S/C24H23N5OS2/c1-12-4-5-14-15(8-12)28-23(27-14)32-19-7-6-18(31-19)20-13-11-25-29-22(13)26-16-9-24(2,3)10-17(30)21(16)20/h4-8,11,20H,9-10H2,1-3H3,(H,27,28)(H2,25,26,29). The number of nitrogens with zero attached hydrogens (tertiary/aromatic N) is 2. The molecule has 8 heteroatoms. The number of hydrogen-bond acceptors (Lipinski definition) is 6. The average Bonchev–Trinajstić information content (AvgIpc) is 3.44. The Hall–Kier alpha value is -2.84. The van der Waals surface area contributed by atoms with Gasteiger partial charge in [-0.05, 0) is 60.4 Å². The number of ketones is 1. The van der Waals surface area contributed by atoms with Crippen LogP contribution in [-0.2, 0) is 4.79 Å². The van der Waals surface area contributed by atoms with Gasteiger partial charge in [-0.1, -0.05) is 19.9 Å². The third kappa shape index (κ3) is 3.29. The van der Waals surface area contributed by atoms with Gasteiger partial charge in [0.1, 0.15) is 0 Å². The molecule has 1 aliphatic heterocycles. The lowest BCUT2D eigenvalue weighted by molar-refractivity contribution is -0.118. The van der Waals surface area contributed by atoms with E-state index in [4.69, 9.17) is 4.98 Å². The van der Waals surface area contributed by atoms with Crippen LogP contribution >= 0.6 is 23.1 Å². The number of hydrogen-bond donors (Lipinski definition) is 3. The lowest BCUT2D eigenvalue weighted by Gasteiger charge is -2.37. The lowest BCUT2D eigenvalue weighted by Crippen LogP contribution is -2.33. The summed E-state index contributed by atoms with van der Waals surface area (Å²) in [6.45, 7) is 6.38. The summed E-state index contributed by atoms with van der Waals surface area (Å²) in [6, 6.07) is 10.5. The van der Waals surface area contributed by atoms with Crippen LogP contribution < -0.4 is 5.32 Å². The largest absolute Gasteiger partial charge is 0.342 e. The predicted molar refractivity (Wildman–Crippen MR) is 128 cm³/mol. The second-order valence-electron chi connectivity index (χ2n) is 9.40. The summed E-state index contributed by atoms with van der Waals surface area (Å²) in [5.74, 6) is 0.978. The van der Waals surface area contributed by atoms with Crippen LogP contribution in [0.1, 0.15) is 48.6 Å². The minimum Gasteiger partial charge on any atom is -0.342 e. The molecular weight excluding hydrogens is 438 g/mol. The highest BCUT2D eigenvalue weighted by molar-refractivity contribution is 8.01. The van der Waals surface area contributed by atoms with E-state index in [0.29, 0.717) is 6.42 Å². The average molecular weight is 462 g/mol. The van der Waals surface area contributed by atoms with E-state index < -0.39 is 0 Å². The van der Waals surface area contributed by atoms with Crippen LogP contribution in [0.25, 0.3) is 11.0 Å². The van der Waals surface area contributed by atoms with Gasteiger partial charge in [-0.2, -0.15) is 5.10 Å². The highest BCUT2D eigenvalue weighted by Gasteiger charge is 2.41. The first-order valence-corrected chi connectivity index (χ1v) is 12.3. The van der Waals surface area contributed by atoms with Gasteiger partial charge < -0.3 is 10.3 Å². The number of benzene rings is 1. The summed E-state index contributed by atoms with van der Waals surface area (Å²) < 4.78 is 1.14. The molecule has 4 aromatic rings. The van der Waals surface area contributed by atoms with Gasteiger partial charge in [0.25, 0.3) is 0 Å². The Balaban J connectivity index is 1.36. The lowest BCUT2D eigenvalue weighted by atomic mass is 9.70. The molecule has 6 rings (SSSR count). The van der Waals surface area contributed by atoms with E-state index in [1.165, 1.54) is 5.56 Å². The number of H-pyrrole nitrogens is 2. The summed E-state index contributed by atoms with van der Waals surface area (Å²) >= 11 is 3.35. The van der Waals surface area contributed by atoms with E-state index >= 15 is 0 Å². The molecule has 0 amide bonds. The first-order valence-electron chi connectivity index (χ1n) is 10.7. The molecular formula is C24H23N5OS2. The van der Waals surface area contributed by atoms with Crippen LogP contribution in [0.15, 0.2) is 57.2 Å². The number of fused-ring (bicyclic) bond motifs is 2. The molecule has 1 aromatic carbocycles. The van der Waals surface area contributed by atoms with E-state index in [1.54, 1.807) is 23.1 Å². The fourth-order valence-corrected chi connectivity index (χ4v) is 6.97. The second kappa shape index (κ2) is 7.08. The van der Waals surface area contributed by atoms with Crippen molar-refractivity contribution < 1.29 is 4.79 Å². The van der Waals surface area contributed by atoms with E-state index in [9.17, 15) is 4.79 Å². The zero-order valence-electron chi connectivity index (χ0n) is 18.1. The van der Waals surface area contributed by atoms with Crippen molar-refractivity contribution in [1.29, 1.82) is 0 Å². The number of Topliss-reactive ketones (excluding diaryl/α,β-unsaturated/α-hetero) is 1. The Morgan fingerprint density at radius 3 is 2.94 bits per heavy atom. The van der Waals surface area contributed by atoms with E-state index in [2.05, 4.69) is 71.6 Å². The molecule has 1 unspecified atom stereocenters. The Kier molecular flexibility index (Phi) is 4.39. The zero-order chi connectivity index (χ0) is 22.0. The molecule has 0 saturated heterocycles. The molecule has 1 aliphatic carbocycles. The normalized spacial score (nSPS) is 19.7. The van der Waals surface area contributed by atoms with Crippen molar-refractivity contribution in [3.63, 3.8) is 0 Å². The van der Waals surface area contributed by atoms with Crippen LogP contribution in [-0.4, -0.2) is 25.9 Å². The number of carbonyl (C=O) groups excluding carboxylic acids is 1. The number of allylic oxidation sites excluding steroid dienone is 2. The van der Waals surface area contributed by atoms with Gasteiger partial charge in [0.15, 0.2) is 16.8 Å². The zero-order valence-corrected chi connectivity index (χ0v) is 19.7. The predicted octanol–water partition coefficient (Wildman–Crippen LogP) is 6.01. The smallest absolute Gasteiger partial charge is 0.172 e. The van der Waals surface area contributed by atoms with Crippen LogP contribution in [0.5, 0.6) is 0 Å². The van der Waals surface area contributed by atoms with Gasteiger partial charge in [0, 0.05) is 34.3 Å². The summed E-state index contributed by atoms with van der Waals surface area (Å²) in [5, 5.41) is 11.7. The molecule has 0 saturated carbocycles. The van der Waals surface area contributed by atoms with Crippen LogP contribution in [0.2, 0.25) is 0 Å². The second-order valence-corrected chi connectivity index (χ2v) is 11.8. The van der Waals surface area contributed by atoms with Gasteiger partial charge in [0.05, 0.1) is 21.2 Å². The fraction of sp³-hybridized carbons (Fsp3) is 0.292. The maximum absolute atomic E-state index is 13.2. The molecule has 3 aromatic heterocycles. The van der Waals surface area contributed by atoms with E-state index in [-0.39, 0.29) is 17.1 Å². The first kappa shape index (κ1) is 19.8. The Morgan fingerprint density at radius 1 is 1.19 bits per heavy atom. The van der Waals surface area contributed by atoms with Gasteiger partial charge in [0.2, 0.25) is 0 Å². The highest BCUT2D eigenvalue weighted by atomic mass is 32.2. The first-order chi connectivity index (χ1) is 15.4. The number of imidazole rings is 1. The van der Waals surface area contributed by atoms with Gasteiger partial charge in [-0.15, -0.1) is 11.3 Å². The maximum atomic E-state index is 13.2. The number of thiophene rings is 1. The molecule has 4 heterocycles.